The molecule has 1 N–H and O–H groups in total. The molecule has 0 aliphatic carbocycles. The molecule has 0 fully saturated rings. The molecule has 21 heavy (non-hydrogen) atoms. The molecule has 0 radical (unpaired) electrons. The number of rotatable bonds is 9. The van der Waals surface area contributed by atoms with Crippen LogP contribution in [0.1, 0.15) is 50.3 Å². The van der Waals surface area contributed by atoms with Crippen molar-refractivity contribution in [2.75, 3.05) is 6.54 Å². The average Bonchev–Trinajstić information content (AvgIpc) is 2.99. The van der Waals surface area contributed by atoms with E-state index in [4.69, 9.17) is 0 Å². The molecule has 114 valence electrons. The van der Waals surface area contributed by atoms with E-state index in [-0.39, 0.29) is 0 Å². The molecule has 1 aromatic heterocycles. The first-order valence-electron chi connectivity index (χ1n) is 8.13. The average molecular weight is 285 g/mol. The first kappa shape index (κ1) is 15.8. The van der Waals surface area contributed by atoms with Gasteiger partial charge in [-0.3, -0.25) is 4.68 Å². The second-order valence-electron chi connectivity index (χ2n) is 5.51. The van der Waals surface area contributed by atoms with Crippen molar-refractivity contribution < 1.29 is 0 Å². The van der Waals surface area contributed by atoms with Gasteiger partial charge in [0.25, 0.3) is 0 Å². The third-order valence-corrected chi connectivity index (χ3v) is 3.81. The molecular formula is C18H27N3. The van der Waals surface area contributed by atoms with Crippen molar-refractivity contribution in [2.45, 2.75) is 52.1 Å². The van der Waals surface area contributed by atoms with E-state index in [0.29, 0.717) is 6.04 Å². The topological polar surface area (TPSA) is 29.9 Å². The Hall–Kier alpha value is -1.61. The SMILES string of the molecule is CCCNC(CCCc1cnn(CC)c1)c1ccccc1. The quantitative estimate of drug-likeness (QED) is 0.755. The minimum absolute atomic E-state index is 0.465. The fourth-order valence-corrected chi connectivity index (χ4v) is 2.61. The molecular weight excluding hydrogens is 258 g/mol. The maximum atomic E-state index is 4.34. The first-order valence-corrected chi connectivity index (χ1v) is 8.13. The van der Waals surface area contributed by atoms with Crippen LogP contribution in [0, 0.1) is 0 Å². The maximum Gasteiger partial charge on any atom is 0.0521 e. The third-order valence-electron chi connectivity index (χ3n) is 3.81. The molecule has 1 heterocycles. The predicted molar refractivity (Wildman–Crippen MR) is 88.3 cm³/mol. The van der Waals surface area contributed by atoms with E-state index in [1.807, 2.05) is 10.9 Å². The highest BCUT2D eigenvalue weighted by Crippen LogP contribution is 2.19. The van der Waals surface area contributed by atoms with Gasteiger partial charge in [0.1, 0.15) is 0 Å². The van der Waals surface area contributed by atoms with Crippen molar-refractivity contribution in [3.05, 3.63) is 53.9 Å². The Bertz CT molecular complexity index is 504. The Kier molecular flexibility index (Phi) is 6.48. The van der Waals surface area contributed by atoms with E-state index in [2.05, 4.69) is 60.8 Å². The van der Waals surface area contributed by atoms with Gasteiger partial charge in [-0.2, -0.15) is 5.10 Å². The van der Waals surface area contributed by atoms with Crippen LogP contribution in [-0.4, -0.2) is 16.3 Å². The van der Waals surface area contributed by atoms with Gasteiger partial charge in [0.15, 0.2) is 0 Å². The van der Waals surface area contributed by atoms with Crippen LogP contribution in [0.15, 0.2) is 42.7 Å². The molecule has 0 bridgehead atoms. The van der Waals surface area contributed by atoms with Gasteiger partial charge in [-0.15, -0.1) is 0 Å². The van der Waals surface area contributed by atoms with Gasteiger partial charge in [-0.05, 0) is 50.3 Å². The minimum atomic E-state index is 0.465. The second kappa shape index (κ2) is 8.63. The molecule has 2 aromatic rings. The van der Waals surface area contributed by atoms with Gasteiger partial charge < -0.3 is 5.32 Å². The van der Waals surface area contributed by atoms with Crippen LogP contribution >= 0.6 is 0 Å². The lowest BCUT2D eigenvalue weighted by Crippen LogP contribution is -2.22. The van der Waals surface area contributed by atoms with Crippen molar-refractivity contribution in [3.63, 3.8) is 0 Å². The number of nitrogens with zero attached hydrogens (tertiary/aromatic N) is 2. The zero-order valence-electron chi connectivity index (χ0n) is 13.3. The number of hydrogen-bond acceptors (Lipinski definition) is 2. The molecule has 3 nitrogen and oxygen atoms in total. The number of aryl methyl sites for hydroxylation is 2. The smallest absolute Gasteiger partial charge is 0.0521 e. The summed E-state index contributed by atoms with van der Waals surface area (Å²) in [5.74, 6) is 0. The van der Waals surface area contributed by atoms with Gasteiger partial charge in [0, 0.05) is 18.8 Å². The van der Waals surface area contributed by atoms with Crippen LogP contribution in [-0.2, 0) is 13.0 Å². The summed E-state index contributed by atoms with van der Waals surface area (Å²) in [6.45, 7) is 6.36. The predicted octanol–water partition coefficient (Wildman–Crippen LogP) is 3.97. The minimum Gasteiger partial charge on any atom is -0.310 e. The largest absolute Gasteiger partial charge is 0.310 e. The van der Waals surface area contributed by atoms with E-state index in [1.165, 1.54) is 30.4 Å². The summed E-state index contributed by atoms with van der Waals surface area (Å²) in [6, 6.07) is 11.2. The highest BCUT2D eigenvalue weighted by atomic mass is 15.3. The lowest BCUT2D eigenvalue weighted by Gasteiger charge is -2.18. The summed E-state index contributed by atoms with van der Waals surface area (Å²) in [4.78, 5) is 0. The highest BCUT2D eigenvalue weighted by Gasteiger charge is 2.10. The molecule has 3 heteroatoms. The van der Waals surface area contributed by atoms with E-state index >= 15 is 0 Å². The van der Waals surface area contributed by atoms with Crippen LogP contribution in [0.5, 0.6) is 0 Å². The Morgan fingerprint density at radius 1 is 1.19 bits per heavy atom. The summed E-state index contributed by atoms with van der Waals surface area (Å²) in [7, 11) is 0. The maximum absolute atomic E-state index is 4.34. The summed E-state index contributed by atoms with van der Waals surface area (Å²) in [6.07, 6.45) is 8.80. The zero-order chi connectivity index (χ0) is 14.9. The third kappa shape index (κ3) is 5.01. The fraction of sp³-hybridized carbons (Fsp3) is 0.500. The number of hydrogen-bond donors (Lipinski definition) is 1. The van der Waals surface area contributed by atoms with Gasteiger partial charge in [0.2, 0.25) is 0 Å². The summed E-state index contributed by atoms with van der Waals surface area (Å²) in [5, 5.41) is 8.01. The molecule has 2 rings (SSSR count). The molecule has 0 saturated carbocycles. The Morgan fingerprint density at radius 3 is 2.67 bits per heavy atom. The standard InChI is InChI=1S/C18H27N3/c1-3-13-19-18(17-10-6-5-7-11-17)12-8-9-16-14-20-21(4-2)15-16/h5-7,10-11,14-15,18-19H,3-4,8-9,12-13H2,1-2H3. The van der Waals surface area contributed by atoms with Gasteiger partial charge in [-0.1, -0.05) is 37.3 Å². The van der Waals surface area contributed by atoms with Crippen molar-refractivity contribution in [2.24, 2.45) is 0 Å². The lowest BCUT2D eigenvalue weighted by molar-refractivity contribution is 0.484. The van der Waals surface area contributed by atoms with Crippen LogP contribution in [0.3, 0.4) is 0 Å². The molecule has 0 aliphatic heterocycles. The Labute approximate surface area is 128 Å². The zero-order valence-corrected chi connectivity index (χ0v) is 13.3. The van der Waals surface area contributed by atoms with Crippen molar-refractivity contribution in [1.82, 2.24) is 15.1 Å². The fourth-order valence-electron chi connectivity index (χ4n) is 2.61. The van der Waals surface area contributed by atoms with Crippen LogP contribution < -0.4 is 5.32 Å². The van der Waals surface area contributed by atoms with E-state index in [1.54, 1.807) is 0 Å². The van der Waals surface area contributed by atoms with E-state index in [9.17, 15) is 0 Å². The monoisotopic (exact) mass is 285 g/mol. The molecule has 1 aromatic carbocycles. The lowest BCUT2D eigenvalue weighted by atomic mass is 10.00. The molecule has 0 saturated heterocycles. The molecule has 0 spiro atoms. The van der Waals surface area contributed by atoms with Crippen molar-refractivity contribution in [3.8, 4) is 0 Å². The van der Waals surface area contributed by atoms with Crippen LogP contribution in [0.2, 0.25) is 0 Å². The Morgan fingerprint density at radius 2 is 2.00 bits per heavy atom. The van der Waals surface area contributed by atoms with Gasteiger partial charge in [0.05, 0.1) is 6.20 Å². The van der Waals surface area contributed by atoms with E-state index in [0.717, 1.165) is 19.5 Å². The van der Waals surface area contributed by atoms with Crippen LogP contribution in [0.25, 0.3) is 0 Å². The summed E-state index contributed by atoms with van der Waals surface area (Å²) in [5.41, 5.74) is 2.74. The summed E-state index contributed by atoms with van der Waals surface area (Å²) < 4.78 is 2.00. The molecule has 0 amide bonds. The van der Waals surface area contributed by atoms with Gasteiger partial charge in [-0.25, -0.2) is 0 Å². The molecule has 1 unspecified atom stereocenters. The molecule has 1 atom stereocenters. The molecule has 0 aliphatic rings. The normalized spacial score (nSPS) is 12.5. The number of aromatic nitrogens is 2. The van der Waals surface area contributed by atoms with E-state index < -0.39 is 0 Å². The first-order chi connectivity index (χ1) is 10.3. The van der Waals surface area contributed by atoms with Gasteiger partial charge >= 0.3 is 0 Å². The summed E-state index contributed by atoms with van der Waals surface area (Å²) >= 11 is 0. The Balaban J connectivity index is 1.86. The van der Waals surface area contributed by atoms with Crippen LogP contribution in [0.4, 0.5) is 0 Å². The number of benzene rings is 1. The van der Waals surface area contributed by atoms with Crippen molar-refractivity contribution in [1.29, 1.82) is 0 Å². The van der Waals surface area contributed by atoms with Crippen molar-refractivity contribution >= 4 is 0 Å². The second-order valence-corrected chi connectivity index (χ2v) is 5.51. The highest BCUT2D eigenvalue weighted by molar-refractivity contribution is 5.19. The number of nitrogens with one attached hydrogen (secondary N) is 1.